The van der Waals surface area contributed by atoms with Crippen molar-refractivity contribution in [2.45, 2.75) is 49.2 Å². The van der Waals surface area contributed by atoms with Gasteiger partial charge < -0.3 is 14.6 Å². The number of morpholine rings is 1. The summed E-state index contributed by atoms with van der Waals surface area (Å²) in [6.45, 7) is -0.226. The minimum absolute atomic E-state index is 0.0622. The predicted molar refractivity (Wildman–Crippen MR) is 93.6 cm³/mol. The highest BCUT2D eigenvalue weighted by Gasteiger charge is 2.62. The number of rotatable bonds is 4. The maximum Gasteiger partial charge on any atom is 0.394 e. The Morgan fingerprint density at radius 2 is 1.74 bits per heavy atom. The second-order valence-electron chi connectivity index (χ2n) is 6.99. The lowest BCUT2D eigenvalue weighted by Crippen LogP contribution is -2.48. The number of nitrogens with zero attached hydrogens (tertiary/aromatic N) is 1. The molecule has 0 spiro atoms. The average molecular weight is 401 g/mol. The SMILES string of the molecule is CN1[C@@H]2CC(OC(=O)[C@H](CO)c3ccccc3)C[C@H]1[C@@H]1O[C@@H]12.O=S(=O)(O)O. The molecule has 4 rings (SSSR count). The monoisotopic (exact) mass is 401 g/mol. The number of likely N-dealkylation sites (N-methyl/N-ethyl adjacent to an activating group) is 1. The first-order chi connectivity index (χ1) is 12.7. The van der Waals surface area contributed by atoms with Gasteiger partial charge in [0.05, 0.1) is 6.61 Å². The van der Waals surface area contributed by atoms with Gasteiger partial charge in [-0.05, 0) is 12.6 Å². The average Bonchev–Trinajstić information content (AvgIpc) is 3.33. The molecule has 1 aromatic rings. The minimum atomic E-state index is -4.67. The standard InChI is InChI=1S/C17H21NO4.H2O4S/c1-18-13-7-11(8-14(18)16-15(13)22-16)21-17(20)12(9-19)10-5-3-2-4-6-10;1-5(2,3)4/h2-6,11-16,19H,7-9H2,1H3;(H2,1,2,3,4)/t11?,12-,13-,14+,15-,16+;/m1./s1. The number of piperidine rings is 1. The van der Waals surface area contributed by atoms with E-state index < -0.39 is 16.3 Å². The van der Waals surface area contributed by atoms with Gasteiger partial charge in [-0.1, -0.05) is 30.3 Å². The van der Waals surface area contributed by atoms with Crippen molar-refractivity contribution >= 4 is 16.4 Å². The van der Waals surface area contributed by atoms with Gasteiger partial charge >= 0.3 is 16.4 Å². The number of benzene rings is 1. The van der Waals surface area contributed by atoms with Crippen molar-refractivity contribution in [1.82, 2.24) is 4.90 Å². The molecule has 0 radical (unpaired) electrons. The van der Waals surface area contributed by atoms with Crippen LogP contribution < -0.4 is 0 Å². The third kappa shape index (κ3) is 4.84. The number of fused-ring (bicyclic) bond motifs is 5. The fourth-order valence-corrected chi connectivity index (χ4v) is 4.04. The fourth-order valence-electron chi connectivity index (χ4n) is 4.04. The third-order valence-electron chi connectivity index (χ3n) is 5.33. The summed E-state index contributed by atoms with van der Waals surface area (Å²) in [7, 11) is -2.54. The Kier molecular flexibility index (Phi) is 5.84. The lowest BCUT2D eigenvalue weighted by atomic mass is 9.97. The Balaban J connectivity index is 0.000000376. The van der Waals surface area contributed by atoms with Gasteiger partial charge in [0.1, 0.15) is 24.2 Å². The number of aliphatic hydroxyl groups is 1. The van der Waals surface area contributed by atoms with Crippen LogP contribution in [-0.4, -0.2) is 77.5 Å². The lowest BCUT2D eigenvalue weighted by molar-refractivity contribution is -0.156. The molecule has 3 heterocycles. The number of carbonyl (C=O) groups excluding carboxylic acids is 1. The largest absolute Gasteiger partial charge is 0.462 e. The molecule has 2 bridgehead atoms. The van der Waals surface area contributed by atoms with E-state index >= 15 is 0 Å². The Labute approximate surface area is 157 Å². The van der Waals surface area contributed by atoms with Crippen LogP contribution in [0.2, 0.25) is 0 Å². The van der Waals surface area contributed by atoms with E-state index in [0.29, 0.717) is 24.3 Å². The van der Waals surface area contributed by atoms with Crippen LogP contribution in [0.25, 0.3) is 0 Å². The number of hydrogen-bond acceptors (Lipinski definition) is 7. The van der Waals surface area contributed by atoms with Crippen molar-refractivity contribution in [2.75, 3.05) is 13.7 Å². The molecule has 0 aromatic heterocycles. The van der Waals surface area contributed by atoms with Crippen molar-refractivity contribution < 1.29 is 36.9 Å². The quantitative estimate of drug-likeness (QED) is 0.369. The highest BCUT2D eigenvalue weighted by atomic mass is 32.3. The number of aliphatic hydroxyl groups excluding tert-OH is 1. The summed E-state index contributed by atoms with van der Waals surface area (Å²) >= 11 is 0. The fraction of sp³-hybridized carbons (Fsp3) is 0.588. The number of hydrogen-bond donors (Lipinski definition) is 3. The molecule has 3 fully saturated rings. The Morgan fingerprint density at radius 1 is 1.22 bits per heavy atom. The first-order valence-corrected chi connectivity index (χ1v) is 10.0. The molecule has 9 nitrogen and oxygen atoms in total. The molecule has 150 valence electrons. The minimum Gasteiger partial charge on any atom is -0.462 e. The Bertz CT molecular complexity index is 744. The van der Waals surface area contributed by atoms with Gasteiger partial charge in [-0.3, -0.25) is 18.8 Å². The molecule has 3 saturated heterocycles. The highest BCUT2D eigenvalue weighted by molar-refractivity contribution is 7.79. The second kappa shape index (κ2) is 7.82. The summed E-state index contributed by atoms with van der Waals surface area (Å²) in [5.41, 5.74) is 0.803. The molecule has 1 unspecified atom stereocenters. The van der Waals surface area contributed by atoms with Gasteiger partial charge in [-0.15, -0.1) is 0 Å². The molecule has 3 aliphatic rings. The summed E-state index contributed by atoms with van der Waals surface area (Å²) < 4.78 is 43.0. The molecule has 3 N–H and O–H groups in total. The lowest BCUT2D eigenvalue weighted by Gasteiger charge is -2.38. The van der Waals surface area contributed by atoms with E-state index in [0.717, 1.165) is 18.4 Å². The topological polar surface area (TPSA) is 137 Å². The second-order valence-corrected chi connectivity index (χ2v) is 7.89. The maximum atomic E-state index is 12.4. The van der Waals surface area contributed by atoms with Crippen LogP contribution in [-0.2, 0) is 24.7 Å². The van der Waals surface area contributed by atoms with Crippen molar-refractivity contribution in [3.8, 4) is 0 Å². The normalized spacial score (nSPS) is 32.7. The van der Waals surface area contributed by atoms with E-state index in [-0.39, 0.29) is 18.7 Å². The van der Waals surface area contributed by atoms with Crippen LogP contribution in [0.4, 0.5) is 0 Å². The molecule has 1 aromatic carbocycles. The summed E-state index contributed by atoms with van der Waals surface area (Å²) in [6, 6.07) is 10.1. The van der Waals surface area contributed by atoms with Crippen LogP contribution in [0.15, 0.2) is 30.3 Å². The van der Waals surface area contributed by atoms with Crippen molar-refractivity contribution in [1.29, 1.82) is 0 Å². The molecular weight excluding hydrogens is 378 g/mol. The van der Waals surface area contributed by atoms with Gasteiger partial charge in [-0.2, -0.15) is 8.42 Å². The molecule has 0 aliphatic carbocycles. The Hall–Kier alpha value is -1.56. The van der Waals surface area contributed by atoms with Crippen LogP contribution in [0, 0.1) is 0 Å². The van der Waals surface area contributed by atoms with Gasteiger partial charge in [-0.25, -0.2) is 0 Å². The Morgan fingerprint density at radius 3 is 2.22 bits per heavy atom. The molecule has 10 heteroatoms. The summed E-state index contributed by atoms with van der Waals surface area (Å²) in [6.07, 6.45) is 2.26. The van der Waals surface area contributed by atoms with Crippen molar-refractivity contribution in [3.05, 3.63) is 35.9 Å². The van der Waals surface area contributed by atoms with E-state index in [1.165, 1.54) is 0 Å². The number of ether oxygens (including phenoxy) is 2. The number of esters is 1. The van der Waals surface area contributed by atoms with Gasteiger partial charge in [0, 0.05) is 24.9 Å². The zero-order valence-electron chi connectivity index (χ0n) is 14.7. The van der Waals surface area contributed by atoms with Crippen LogP contribution in [0.1, 0.15) is 24.3 Å². The first-order valence-electron chi connectivity index (χ1n) is 8.62. The van der Waals surface area contributed by atoms with E-state index in [1.807, 2.05) is 30.3 Å². The molecule has 0 amide bonds. The van der Waals surface area contributed by atoms with E-state index in [1.54, 1.807) is 0 Å². The molecule has 3 aliphatic heterocycles. The zero-order valence-corrected chi connectivity index (χ0v) is 15.5. The highest BCUT2D eigenvalue weighted by Crippen LogP contribution is 2.48. The smallest absolute Gasteiger partial charge is 0.394 e. The van der Waals surface area contributed by atoms with Gasteiger partial charge in [0.15, 0.2) is 0 Å². The summed E-state index contributed by atoms with van der Waals surface area (Å²) in [5, 5.41) is 9.56. The number of carbonyl (C=O) groups is 1. The first kappa shape index (κ1) is 20.2. The van der Waals surface area contributed by atoms with Crippen LogP contribution >= 0.6 is 0 Å². The van der Waals surface area contributed by atoms with Crippen LogP contribution in [0.5, 0.6) is 0 Å². The number of epoxide rings is 1. The molecular formula is C17H23NO8S. The molecule has 27 heavy (non-hydrogen) atoms. The zero-order chi connectivity index (χ0) is 19.8. The van der Waals surface area contributed by atoms with E-state index in [9.17, 15) is 9.90 Å². The van der Waals surface area contributed by atoms with E-state index in [2.05, 4.69) is 11.9 Å². The van der Waals surface area contributed by atoms with Gasteiger partial charge in [0.2, 0.25) is 0 Å². The molecule has 0 saturated carbocycles. The molecule has 6 atom stereocenters. The third-order valence-corrected chi connectivity index (χ3v) is 5.33. The van der Waals surface area contributed by atoms with Gasteiger partial charge in [0.25, 0.3) is 0 Å². The maximum absolute atomic E-state index is 12.4. The van der Waals surface area contributed by atoms with Crippen molar-refractivity contribution in [2.24, 2.45) is 0 Å². The van der Waals surface area contributed by atoms with Crippen molar-refractivity contribution in [3.63, 3.8) is 0 Å². The predicted octanol–water partition coefficient (Wildman–Crippen LogP) is 0.265. The summed E-state index contributed by atoms with van der Waals surface area (Å²) in [5.74, 6) is -0.915. The van der Waals surface area contributed by atoms with Crippen LogP contribution in [0.3, 0.4) is 0 Å². The summed E-state index contributed by atoms with van der Waals surface area (Å²) in [4.78, 5) is 14.8. The van der Waals surface area contributed by atoms with E-state index in [4.69, 9.17) is 27.0 Å².